The second-order valence-corrected chi connectivity index (χ2v) is 3.98. The van der Waals surface area contributed by atoms with Gasteiger partial charge in [0.2, 0.25) is 0 Å². The standard InChI is InChI=1S/C13H15N3O3/c1-9(10-3-5-11(18-2)6-4-10)14-13(17)15-12-7-8-19-16-12/h3-9H,1-2H3,(H2,14,15,16,17). The van der Waals surface area contributed by atoms with E-state index in [2.05, 4.69) is 20.3 Å². The molecule has 0 aliphatic carbocycles. The van der Waals surface area contributed by atoms with Crippen LogP contribution in [0.2, 0.25) is 0 Å². The van der Waals surface area contributed by atoms with E-state index in [4.69, 9.17) is 4.74 Å². The fourth-order valence-corrected chi connectivity index (χ4v) is 1.60. The fourth-order valence-electron chi connectivity index (χ4n) is 1.60. The summed E-state index contributed by atoms with van der Waals surface area (Å²) in [7, 11) is 1.61. The van der Waals surface area contributed by atoms with Gasteiger partial charge in [0.25, 0.3) is 0 Å². The average molecular weight is 261 g/mol. The Morgan fingerprint density at radius 1 is 1.32 bits per heavy atom. The third kappa shape index (κ3) is 3.48. The molecule has 1 aromatic heterocycles. The molecule has 1 unspecified atom stereocenters. The van der Waals surface area contributed by atoms with Crippen LogP contribution in [-0.4, -0.2) is 18.3 Å². The van der Waals surface area contributed by atoms with Crippen LogP contribution in [0.25, 0.3) is 0 Å². The third-order valence-electron chi connectivity index (χ3n) is 2.64. The topological polar surface area (TPSA) is 76.4 Å². The van der Waals surface area contributed by atoms with Gasteiger partial charge < -0.3 is 14.6 Å². The van der Waals surface area contributed by atoms with E-state index in [9.17, 15) is 4.79 Å². The van der Waals surface area contributed by atoms with Gasteiger partial charge in [0.1, 0.15) is 12.0 Å². The van der Waals surface area contributed by atoms with Crippen molar-refractivity contribution in [1.82, 2.24) is 10.5 Å². The molecule has 0 fully saturated rings. The summed E-state index contributed by atoms with van der Waals surface area (Å²) in [5.41, 5.74) is 0.983. The van der Waals surface area contributed by atoms with Crippen molar-refractivity contribution < 1.29 is 14.1 Å². The molecule has 6 heteroatoms. The van der Waals surface area contributed by atoms with Gasteiger partial charge in [0.05, 0.1) is 13.2 Å². The number of urea groups is 1. The average Bonchev–Trinajstić information content (AvgIpc) is 2.91. The zero-order valence-electron chi connectivity index (χ0n) is 10.7. The predicted octanol–water partition coefficient (Wildman–Crippen LogP) is 2.57. The Bertz CT molecular complexity index is 523. The minimum absolute atomic E-state index is 0.127. The molecule has 0 radical (unpaired) electrons. The number of hydrogen-bond acceptors (Lipinski definition) is 4. The third-order valence-corrected chi connectivity index (χ3v) is 2.64. The Hall–Kier alpha value is -2.50. The molecule has 0 aliphatic heterocycles. The first kappa shape index (κ1) is 12.9. The SMILES string of the molecule is COc1ccc(C(C)NC(=O)Nc2ccon2)cc1. The van der Waals surface area contributed by atoms with Crippen LogP contribution < -0.4 is 15.4 Å². The molecular formula is C13H15N3O3. The van der Waals surface area contributed by atoms with E-state index in [1.807, 2.05) is 31.2 Å². The lowest BCUT2D eigenvalue weighted by molar-refractivity contribution is 0.249. The molecule has 0 saturated heterocycles. The molecule has 100 valence electrons. The summed E-state index contributed by atoms with van der Waals surface area (Å²) in [5, 5.41) is 8.96. The molecule has 6 nitrogen and oxygen atoms in total. The number of anilines is 1. The molecule has 2 N–H and O–H groups in total. The van der Waals surface area contributed by atoms with E-state index in [0.717, 1.165) is 11.3 Å². The highest BCUT2D eigenvalue weighted by atomic mass is 16.5. The van der Waals surface area contributed by atoms with Gasteiger partial charge in [-0.1, -0.05) is 17.3 Å². The number of carbonyl (C=O) groups is 1. The van der Waals surface area contributed by atoms with E-state index in [-0.39, 0.29) is 12.1 Å². The summed E-state index contributed by atoms with van der Waals surface area (Å²) in [6, 6.07) is 8.61. The number of carbonyl (C=O) groups excluding carboxylic acids is 1. The first-order valence-electron chi connectivity index (χ1n) is 5.81. The molecule has 0 spiro atoms. The first-order valence-corrected chi connectivity index (χ1v) is 5.81. The molecule has 19 heavy (non-hydrogen) atoms. The van der Waals surface area contributed by atoms with Crippen LogP contribution in [0.1, 0.15) is 18.5 Å². The van der Waals surface area contributed by atoms with Crippen LogP contribution in [0.15, 0.2) is 41.1 Å². The number of methoxy groups -OCH3 is 1. The van der Waals surface area contributed by atoms with E-state index in [1.165, 1.54) is 6.26 Å². The van der Waals surface area contributed by atoms with Crippen molar-refractivity contribution in [3.8, 4) is 5.75 Å². The van der Waals surface area contributed by atoms with Crippen molar-refractivity contribution in [2.24, 2.45) is 0 Å². The van der Waals surface area contributed by atoms with Gasteiger partial charge in [-0.05, 0) is 24.6 Å². The predicted molar refractivity (Wildman–Crippen MR) is 70.1 cm³/mol. The molecule has 0 saturated carbocycles. The highest BCUT2D eigenvalue weighted by Crippen LogP contribution is 2.17. The van der Waals surface area contributed by atoms with Gasteiger partial charge in [-0.25, -0.2) is 4.79 Å². The maximum Gasteiger partial charge on any atom is 0.320 e. The van der Waals surface area contributed by atoms with E-state index in [0.29, 0.717) is 5.82 Å². The van der Waals surface area contributed by atoms with E-state index >= 15 is 0 Å². The van der Waals surface area contributed by atoms with E-state index in [1.54, 1.807) is 13.2 Å². The van der Waals surface area contributed by atoms with Crippen molar-refractivity contribution >= 4 is 11.8 Å². The van der Waals surface area contributed by atoms with Crippen molar-refractivity contribution in [2.45, 2.75) is 13.0 Å². The Balaban J connectivity index is 1.92. The van der Waals surface area contributed by atoms with Crippen LogP contribution in [0.5, 0.6) is 5.75 Å². The van der Waals surface area contributed by atoms with Crippen molar-refractivity contribution in [2.75, 3.05) is 12.4 Å². The summed E-state index contributed by atoms with van der Waals surface area (Å²) >= 11 is 0. The number of rotatable bonds is 4. The van der Waals surface area contributed by atoms with Crippen molar-refractivity contribution in [3.63, 3.8) is 0 Å². The van der Waals surface area contributed by atoms with Crippen LogP contribution in [0.4, 0.5) is 10.6 Å². The number of nitrogens with one attached hydrogen (secondary N) is 2. The maximum atomic E-state index is 11.7. The molecule has 2 amide bonds. The Kier molecular flexibility index (Phi) is 4.02. The van der Waals surface area contributed by atoms with Crippen LogP contribution in [0, 0.1) is 0 Å². The molecule has 1 atom stereocenters. The normalized spacial score (nSPS) is 11.7. The zero-order valence-corrected chi connectivity index (χ0v) is 10.7. The summed E-state index contributed by atoms with van der Waals surface area (Å²) in [4.78, 5) is 11.7. The molecule has 2 aromatic rings. The highest BCUT2D eigenvalue weighted by molar-refractivity contribution is 5.88. The second kappa shape index (κ2) is 5.90. The molecule has 1 heterocycles. The lowest BCUT2D eigenvalue weighted by Crippen LogP contribution is -2.31. The lowest BCUT2D eigenvalue weighted by atomic mass is 10.1. The Morgan fingerprint density at radius 2 is 2.05 bits per heavy atom. The molecule has 0 aliphatic rings. The summed E-state index contributed by atoms with van der Waals surface area (Å²) in [6.45, 7) is 1.89. The van der Waals surface area contributed by atoms with Gasteiger partial charge in [-0.15, -0.1) is 0 Å². The number of amides is 2. The number of ether oxygens (including phenoxy) is 1. The first-order chi connectivity index (χ1) is 9.19. The lowest BCUT2D eigenvalue weighted by Gasteiger charge is -2.14. The number of benzene rings is 1. The smallest absolute Gasteiger partial charge is 0.320 e. The highest BCUT2D eigenvalue weighted by Gasteiger charge is 2.10. The largest absolute Gasteiger partial charge is 0.497 e. The second-order valence-electron chi connectivity index (χ2n) is 3.98. The van der Waals surface area contributed by atoms with Crippen molar-refractivity contribution in [1.29, 1.82) is 0 Å². The van der Waals surface area contributed by atoms with Crippen LogP contribution in [0.3, 0.4) is 0 Å². The number of aromatic nitrogens is 1. The number of nitrogens with zero attached hydrogens (tertiary/aromatic N) is 1. The van der Waals surface area contributed by atoms with Crippen LogP contribution in [-0.2, 0) is 0 Å². The molecule has 0 bridgehead atoms. The quantitative estimate of drug-likeness (QED) is 0.886. The zero-order chi connectivity index (χ0) is 13.7. The maximum absolute atomic E-state index is 11.7. The van der Waals surface area contributed by atoms with Gasteiger partial charge in [0, 0.05) is 6.07 Å². The molecule has 1 aromatic carbocycles. The molecular weight excluding hydrogens is 246 g/mol. The molecule has 2 rings (SSSR count). The minimum Gasteiger partial charge on any atom is -0.497 e. The van der Waals surface area contributed by atoms with Gasteiger partial charge in [-0.3, -0.25) is 5.32 Å². The van der Waals surface area contributed by atoms with Gasteiger partial charge in [0.15, 0.2) is 5.82 Å². The summed E-state index contributed by atoms with van der Waals surface area (Å²) < 4.78 is 9.71. The summed E-state index contributed by atoms with van der Waals surface area (Å²) in [5.74, 6) is 1.16. The van der Waals surface area contributed by atoms with Crippen LogP contribution >= 0.6 is 0 Å². The van der Waals surface area contributed by atoms with Gasteiger partial charge >= 0.3 is 6.03 Å². The Labute approximate surface area is 110 Å². The monoisotopic (exact) mass is 261 g/mol. The summed E-state index contributed by atoms with van der Waals surface area (Å²) in [6.07, 6.45) is 1.39. The van der Waals surface area contributed by atoms with Crippen molar-refractivity contribution in [3.05, 3.63) is 42.2 Å². The number of hydrogen-bond donors (Lipinski definition) is 2. The van der Waals surface area contributed by atoms with Gasteiger partial charge in [-0.2, -0.15) is 0 Å². The Morgan fingerprint density at radius 3 is 2.63 bits per heavy atom. The minimum atomic E-state index is -0.336. The van der Waals surface area contributed by atoms with E-state index < -0.39 is 0 Å². The fraction of sp³-hybridized carbons (Fsp3) is 0.231.